The molecule has 0 saturated carbocycles. The molecule has 154 valence electrons. The van der Waals surface area contributed by atoms with Gasteiger partial charge < -0.3 is 15.0 Å². The minimum Gasteiger partial charge on any atom is -0.375 e. The quantitative estimate of drug-likeness (QED) is 0.187. The summed E-state index contributed by atoms with van der Waals surface area (Å²) in [6.07, 6.45) is -0.0233. The Balaban J connectivity index is 0.00000392. The van der Waals surface area contributed by atoms with Gasteiger partial charge in [-0.15, -0.1) is 35.3 Å². The van der Waals surface area contributed by atoms with Gasteiger partial charge in [0.2, 0.25) is 0 Å². The number of thiazole rings is 1. The van der Waals surface area contributed by atoms with Crippen LogP contribution >= 0.6 is 35.3 Å². The molecule has 0 bridgehead atoms. The van der Waals surface area contributed by atoms with Crippen molar-refractivity contribution in [2.75, 3.05) is 20.7 Å². The van der Waals surface area contributed by atoms with Gasteiger partial charge in [-0.2, -0.15) is 0 Å². The number of ether oxygens (including phenoxy) is 1. The van der Waals surface area contributed by atoms with Gasteiger partial charge in [0.05, 0.1) is 23.7 Å². The molecular weight excluding hydrogens is 493 g/mol. The van der Waals surface area contributed by atoms with Crippen molar-refractivity contribution < 1.29 is 9.66 Å². The van der Waals surface area contributed by atoms with Crippen molar-refractivity contribution in [3.05, 3.63) is 56.0 Å². The van der Waals surface area contributed by atoms with Crippen molar-refractivity contribution in [1.82, 2.24) is 15.2 Å². The molecule has 1 heterocycles. The number of nitro benzene ring substituents is 1. The molecule has 0 aliphatic rings. The highest BCUT2D eigenvalue weighted by atomic mass is 127. The average molecular weight is 519 g/mol. The Morgan fingerprint density at radius 3 is 2.89 bits per heavy atom. The van der Waals surface area contributed by atoms with E-state index in [1.165, 1.54) is 6.07 Å². The predicted molar refractivity (Wildman–Crippen MR) is 122 cm³/mol. The smallest absolute Gasteiger partial charge is 0.269 e. The van der Waals surface area contributed by atoms with Crippen molar-refractivity contribution in [3.8, 4) is 0 Å². The lowest BCUT2D eigenvalue weighted by Crippen LogP contribution is -2.38. The van der Waals surface area contributed by atoms with E-state index in [1.807, 2.05) is 37.2 Å². The Labute approximate surface area is 186 Å². The molecular formula is C18H26IN5O3S. The van der Waals surface area contributed by atoms with Crippen LogP contribution in [0.3, 0.4) is 0 Å². The lowest BCUT2D eigenvalue weighted by Gasteiger charge is -2.21. The number of aliphatic imine (C=N–C) groups is 1. The fourth-order valence-corrected chi connectivity index (χ4v) is 3.25. The normalized spacial score (nSPS) is 12.2. The van der Waals surface area contributed by atoms with Gasteiger partial charge in [0.25, 0.3) is 5.69 Å². The van der Waals surface area contributed by atoms with E-state index >= 15 is 0 Å². The van der Waals surface area contributed by atoms with Crippen molar-refractivity contribution in [1.29, 1.82) is 0 Å². The van der Waals surface area contributed by atoms with Gasteiger partial charge in [-0.25, -0.2) is 9.98 Å². The molecule has 10 heteroatoms. The monoisotopic (exact) mass is 519 g/mol. The van der Waals surface area contributed by atoms with Crippen LogP contribution in [0.4, 0.5) is 5.69 Å². The third-order valence-electron chi connectivity index (χ3n) is 3.90. The van der Waals surface area contributed by atoms with Crippen molar-refractivity contribution in [2.24, 2.45) is 4.99 Å². The van der Waals surface area contributed by atoms with Gasteiger partial charge in [-0.05, 0) is 19.4 Å². The second-order valence-electron chi connectivity index (χ2n) is 6.01. The highest BCUT2D eigenvalue weighted by Crippen LogP contribution is 2.21. The van der Waals surface area contributed by atoms with Crippen LogP contribution < -0.4 is 5.32 Å². The van der Waals surface area contributed by atoms with E-state index in [0.717, 1.165) is 28.8 Å². The third kappa shape index (κ3) is 6.99. The third-order valence-corrected chi connectivity index (χ3v) is 4.95. The maximum absolute atomic E-state index is 10.9. The van der Waals surface area contributed by atoms with Crippen molar-refractivity contribution in [3.63, 3.8) is 0 Å². The summed E-state index contributed by atoms with van der Waals surface area (Å²) in [5.74, 6) is 0.721. The summed E-state index contributed by atoms with van der Waals surface area (Å²) in [5.41, 5.74) is 1.81. The van der Waals surface area contributed by atoms with E-state index < -0.39 is 4.92 Å². The maximum Gasteiger partial charge on any atom is 0.269 e. The molecule has 1 aromatic carbocycles. The van der Waals surface area contributed by atoms with Gasteiger partial charge in [0.15, 0.2) is 5.96 Å². The van der Waals surface area contributed by atoms with Gasteiger partial charge in [0.1, 0.15) is 11.1 Å². The highest BCUT2D eigenvalue weighted by Gasteiger charge is 2.13. The van der Waals surface area contributed by atoms with Crippen molar-refractivity contribution >= 4 is 47.0 Å². The van der Waals surface area contributed by atoms with Gasteiger partial charge in [-0.1, -0.05) is 12.1 Å². The number of benzene rings is 1. The Morgan fingerprint density at radius 1 is 1.50 bits per heavy atom. The molecule has 1 unspecified atom stereocenters. The van der Waals surface area contributed by atoms with Crippen LogP contribution in [0.15, 0.2) is 34.6 Å². The lowest BCUT2D eigenvalue weighted by molar-refractivity contribution is -0.384. The first-order chi connectivity index (χ1) is 12.9. The first-order valence-corrected chi connectivity index (χ1v) is 9.52. The molecule has 2 rings (SSSR count). The molecule has 0 aliphatic carbocycles. The number of nitro groups is 1. The molecule has 0 radical (unpaired) electrons. The summed E-state index contributed by atoms with van der Waals surface area (Å²) in [5, 5.41) is 17.1. The topological polar surface area (TPSA) is 92.9 Å². The Hall–Kier alpha value is -1.79. The number of hydrogen-bond donors (Lipinski definition) is 1. The standard InChI is InChI=1S/C18H25N5O3S.HI/c1-5-19-18(20-10-14-7-6-8-16(9-14)23(24)25)22(3)11-15-12-27-17(21-15)13(2)26-4;/h6-9,12-13H,5,10-11H2,1-4H3,(H,19,20);1H. The Bertz CT molecular complexity index is 799. The number of rotatable bonds is 8. The Morgan fingerprint density at radius 2 is 2.25 bits per heavy atom. The number of halogens is 1. The number of nitrogens with one attached hydrogen (secondary N) is 1. The molecule has 1 N–H and O–H groups in total. The van der Waals surface area contributed by atoms with E-state index in [-0.39, 0.29) is 35.8 Å². The fraction of sp³-hybridized carbons (Fsp3) is 0.444. The predicted octanol–water partition coefficient (Wildman–Crippen LogP) is 3.97. The molecule has 0 aliphatic heterocycles. The molecule has 1 atom stereocenters. The van der Waals surface area contributed by atoms with E-state index in [9.17, 15) is 10.1 Å². The molecule has 0 saturated heterocycles. The van der Waals surface area contributed by atoms with Gasteiger partial charge >= 0.3 is 0 Å². The van der Waals surface area contributed by atoms with Crippen LogP contribution in [0.25, 0.3) is 0 Å². The summed E-state index contributed by atoms with van der Waals surface area (Å²) in [7, 11) is 3.61. The highest BCUT2D eigenvalue weighted by molar-refractivity contribution is 14.0. The molecule has 0 spiro atoms. The number of methoxy groups -OCH3 is 1. The van der Waals surface area contributed by atoms with Gasteiger partial charge in [0, 0.05) is 38.2 Å². The minimum atomic E-state index is -0.397. The fourth-order valence-electron chi connectivity index (χ4n) is 2.40. The zero-order chi connectivity index (χ0) is 19.8. The Kier molecular flexibility index (Phi) is 10.3. The second-order valence-corrected chi connectivity index (χ2v) is 6.90. The van der Waals surface area contributed by atoms with Crippen LogP contribution in [0.2, 0.25) is 0 Å². The van der Waals surface area contributed by atoms with Crippen LogP contribution in [-0.2, 0) is 17.8 Å². The maximum atomic E-state index is 10.9. The van der Waals surface area contributed by atoms with Crippen LogP contribution in [0.1, 0.15) is 36.2 Å². The van der Waals surface area contributed by atoms with Crippen LogP contribution in [0.5, 0.6) is 0 Å². The van der Waals surface area contributed by atoms with Crippen molar-refractivity contribution in [2.45, 2.75) is 33.0 Å². The largest absolute Gasteiger partial charge is 0.375 e. The molecule has 2 aromatic rings. The molecule has 0 fully saturated rings. The van der Waals surface area contributed by atoms with E-state index in [0.29, 0.717) is 13.1 Å². The lowest BCUT2D eigenvalue weighted by atomic mass is 10.2. The number of hydrogen-bond acceptors (Lipinski definition) is 6. The summed E-state index contributed by atoms with van der Waals surface area (Å²) >= 11 is 1.58. The van der Waals surface area contributed by atoms with E-state index in [1.54, 1.807) is 30.6 Å². The van der Waals surface area contributed by atoms with E-state index in [4.69, 9.17) is 4.74 Å². The second kappa shape index (κ2) is 11.9. The number of non-ortho nitro benzene ring substituents is 1. The number of nitrogens with zero attached hydrogens (tertiary/aromatic N) is 4. The minimum absolute atomic E-state index is 0. The zero-order valence-corrected chi connectivity index (χ0v) is 19.6. The number of aromatic nitrogens is 1. The summed E-state index contributed by atoms with van der Waals surface area (Å²) in [4.78, 5) is 21.7. The molecule has 0 amide bonds. The SMILES string of the molecule is CCNC(=NCc1cccc([N+](=O)[O-])c1)N(C)Cc1csc(C(C)OC)n1.I. The van der Waals surface area contributed by atoms with Gasteiger partial charge in [-0.3, -0.25) is 10.1 Å². The molecule has 28 heavy (non-hydrogen) atoms. The van der Waals surface area contributed by atoms with Crippen LogP contribution in [-0.4, -0.2) is 41.5 Å². The zero-order valence-electron chi connectivity index (χ0n) is 16.4. The average Bonchev–Trinajstić information content (AvgIpc) is 3.13. The first-order valence-electron chi connectivity index (χ1n) is 8.64. The molecule has 8 nitrogen and oxygen atoms in total. The summed E-state index contributed by atoms with van der Waals surface area (Å²) in [6.45, 7) is 5.65. The number of guanidine groups is 1. The first kappa shape index (κ1) is 24.2. The van der Waals surface area contributed by atoms with E-state index in [2.05, 4.69) is 15.3 Å². The summed E-state index contributed by atoms with van der Waals surface area (Å²) in [6, 6.07) is 6.53. The molecule has 1 aromatic heterocycles. The van der Waals surface area contributed by atoms with Crippen LogP contribution in [0, 0.1) is 10.1 Å². The summed E-state index contributed by atoms with van der Waals surface area (Å²) < 4.78 is 5.30.